The van der Waals surface area contributed by atoms with Crippen LogP contribution in [-0.4, -0.2) is 51.2 Å². The van der Waals surface area contributed by atoms with E-state index in [-0.39, 0.29) is 8.41 Å². The van der Waals surface area contributed by atoms with Gasteiger partial charge in [-0.15, -0.1) is 0 Å². The van der Waals surface area contributed by atoms with Crippen molar-refractivity contribution < 1.29 is 20.4 Å². The predicted octanol–water partition coefficient (Wildman–Crippen LogP) is 0.676. The molecule has 0 aliphatic heterocycles. The number of hydrogen-bond acceptors (Lipinski definition) is 4. The number of rotatable bonds is 2. The van der Waals surface area contributed by atoms with Crippen molar-refractivity contribution >= 4 is 8.41 Å². The molecule has 0 rings (SSSR count). The molecule has 0 atom stereocenters. The largest absolute Gasteiger partial charge is 0.387 e. The van der Waals surface area contributed by atoms with Crippen LogP contribution in [0, 0.1) is 0 Å². The molecule has 0 aliphatic carbocycles. The Bertz CT molecular complexity index is 153. The van der Waals surface area contributed by atoms with Crippen molar-refractivity contribution in [2.45, 2.75) is 77.8 Å². The van der Waals surface area contributed by atoms with E-state index in [0.717, 1.165) is 0 Å². The van der Waals surface area contributed by atoms with Crippen LogP contribution in [0.4, 0.5) is 0 Å². The molecule has 0 saturated carbocycles. The normalized spacial score (nSPS) is 13.4. The zero-order chi connectivity index (χ0) is 14.0. The summed E-state index contributed by atoms with van der Waals surface area (Å²) in [5.74, 6) is 0. The summed E-state index contributed by atoms with van der Waals surface area (Å²) in [6.45, 7) is 12.6. The van der Waals surface area contributed by atoms with Gasteiger partial charge in [0, 0.05) is 8.41 Å². The summed E-state index contributed by atoms with van der Waals surface area (Å²) in [5, 5.41) is 36.4. The molecule has 5 heteroatoms. The highest BCUT2D eigenvalue weighted by Gasteiger charge is 2.32. The lowest BCUT2D eigenvalue weighted by atomic mass is 9.90. The van der Waals surface area contributed by atoms with Crippen molar-refractivity contribution in [2.75, 3.05) is 0 Å². The van der Waals surface area contributed by atoms with Gasteiger partial charge in [-0.25, -0.2) is 0 Å². The maximum Gasteiger partial charge on any atom is 0.0872 e. The second-order valence-electron chi connectivity index (χ2n) is 6.24. The summed E-state index contributed by atoms with van der Waals surface area (Å²) in [7, 11) is 0. The Morgan fingerprint density at radius 1 is 0.412 bits per heavy atom. The first kappa shape index (κ1) is 22.1. The molecule has 0 heterocycles. The van der Waals surface area contributed by atoms with E-state index < -0.39 is 22.4 Å². The zero-order valence-electron chi connectivity index (χ0n) is 12.4. The van der Waals surface area contributed by atoms with Crippen LogP contribution < -0.4 is 0 Å². The molecule has 0 bridgehead atoms. The first-order valence-electron chi connectivity index (χ1n) is 5.39. The Morgan fingerprint density at radius 2 is 0.471 bits per heavy atom. The molecule has 0 unspecified atom stereocenters. The molecule has 0 saturated heterocycles. The molecule has 0 aromatic carbocycles. The van der Waals surface area contributed by atoms with Gasteiger partial charge >= 0.3 is 0 Å². The van der Waals surface area contributed by atoms with Gasteiger partial charge in [0.25, 0.3) is 0 Å². The average molecular weight is 247 g/mol. The van der Waals surface area contributed by atoms with Gasteiger partial charge < -0.3 is 20.4 Å². The van der Waals surface area contributed by atoms with Crippen molar-refractivity contribution in [2.24, 2.45) is 0 Å². The van der Waals surface area contributed by atoms with Crippen molar-refractivity contribution in [3.05, 3.63) is 0 Å². The zero-order valence-corrected chi connectivity index (χ0v) is 12.4. The Hall–Kier alpha value is -0.0951. The minimum atomic E-state index is -1.01. The van der Waals surface area contributed by atoms with Crippen LogP contribution in [0.15, 0.2) is 0 Å². The molecule has 4 N–H and O–H groups in total. The van der Waals surface area contributed by atoms with Crippen molar-refractivity contribution in [1.82, 2.24) is 0 Å². The summed E-state index contributed by atoms with van der Waals surface area (Å²) in [4.78, 5) is 0. The molecular formula is C12H28BO4. The molecule has 3 radical (unpaired) electrons. The number of hydrogen-bond donors (Lipinski definition) is 4. The maximum atomic E-state index is 9.10. The highest BCUT2D eigenvalue weighted by Crippen LogP contribution is 2.19. The SMILES string of the molecule is CC(C)(O)C(C)(C)O.CC(C)(O)C(C)(C)O.[B]. The molecule has 0 aliphatic rings. The van der Waals surface area contributed by atoms with Crippen molar-refractivity contribution in [3.8, 4) is 0 Å². The third-order valence-electron chi connectivity index (χ3n) is 2.99. The summed E-state index contributed by atoms with van der Waals surface area (Å²) in [5.41, 5.74) is -4.03. The fourth-order valence-electron chi connectivity index (χ4n) is 0. The van der Waals surface area contributed by atoms with Crippen molar-refractivity contribution in [1.29, 1.82) is 0 Å². The van der Waals surface area contributed by atoms with Gasteiger partial charge in [0.1, 0.15) is 0 Å². The van der Waals surface area contributed by atoms with E-state index in [1.807, 2.05) is 0 Å². The first-order chi connectivity index (χ1) is 6.50. The standard InChI is InChI=1S/2C6H14O2.B/c2*1-5(2,7)6(3,4)8;/h2*7-8H,1-4H3;. The van der Waals surface area contributed by atoms with Crippen molar-refractivity contribution in [3.63, 3.8) is 0 Å². The molecule has 0 aromatic rings. The first-order valence-corrected chi connectivity index (χ1v) is 5.39. The van der Waals surface area contributed by atoms with Crippen LogP contribution in [0.1, 0.15) is 55.4 Å². The fraction of sp³-hybridized carbons (Fsp3) is 1.00. The lowest BCUT2D eigenvalue weighted by Crippen LogP contribution is -2.44. The van der Waals surface area contributed by atoms with Gasteiger partial charge in [-0.05, 0) is 55.4 Å². The molecule has 17 heavy (non-hydrogen) atoms. The molecule has 0 amide bonds. The third kappa shape index (κ3) is 9.59. The topological polar surface area (TPSA) is 80.9 Å². The summed E-state index contributed by atoms with van der Waals surface area (Å²) in [6, 6.07) is 0. The lowest BCUT2D eigenvalue weighted by Gasteiger charge is -2.31. The van der Waals surface area contributed by atoms with E-state index in [4.69, 9.17) is 20.4 Å². The van der Waals surface area contributed by atoms with E-state index in [1.165, 1.54) is 0 Å². The van der Waals surface area contributed by atoms with E-state index in [9.17, 15) is 0 Å². The minimum absolute atomic E-state index is 0. The van der Waals surface area contributed by atoms with Gasteiger partial charge in [-0.3, -0.25) is 0 Å². The fourth-order valence-corrected chi connectivity index (χ4v) is 0. The van der Waals surface area contributed by atoms with Crippen LogP contribution >= 0.6 is 0 Å². The van der Waals surface area contributed by atoms with E-state index in [2.05, 4.69) is 0 Å². The third-order valence-corrected chi connectivity index (χ3v) is 2.99. The summed E-state index contributed by atoms with van der Waals surface area (Å²) < 4.78 is 0. The molecule has 0 fully saturated rings. The minimum Gasteiger partial charge on any atom is -0.387 e. The molecular weight excluding hydrogens is 219 g/mol. The van der Waals surface area contributed by atoms with E-state index in [0.29, 0.717) is 0 Å². The van der Waals surface area contributed by atoms with Crippen LogP contribution in [0.25, 0.3) is 0 Å². The molecule has 0 spiro atoms. The predicted molar refractivity (Wildman–Crippen MR) is 70.9 cm³/mol. The summed E-state index contributed by atoms with van der Waals surface area (Å²) >= 11 is 0. The molecule has 4 nitrogen and oxygen atoms in total. The second kappa shape index (κ2) is 6.18. The lowest BCUT2D eigenvalue weighted by molar-refractivity contribution is -0.107. The van der Waals surface area contributed by atoms with Gasteiger partial charge in [0.15, 0.2) is 0 Å². The monoisotopic (exact) mass is 247 g/mol. The van der Waals surface area contributed by atoms with Gasteiger partial charge in [-0.2, -0.15) is 0 Å². The maximum absolute atomic E-state index is 9.10. The Kier molecular flexibility index (Phi) is 8.04. The number of aliphatic hydroxyl groups is 4. The van der Waals surface area contributed by atoms with E-state index >= 15 is 0 Å². The van der Waals surface area contributed by atoms with Gasteiger partial charge in [0.05, 0.1) is 22.4 Å². The smallest absolute Gasteiger partial charge is 0.0872 e. The van der Waals surface area contributed by atoms with Gasteiger partial charge in [0.2, 0.25) is 0 Å². The van der Waals surface area contributed by atoms with E-state index in [1.54, 1.807) is 55.4 Å². The average Bonchev–Trinajstić information content (AvgIpc) is 1.77. The van der Waals surface area contributed by atoms with Crippen LogP contribution in [0.2, 0.25) is 0 Å². The quantitative estimate of drug-likeness (QED) is 0.541. The van der Waals surface area contributed by atoms with Crippen LogP contribution in [0.5, 0.6) is 0 Å². The Balaban J connectivity index is -0.000000218. The summed E-state index contributed by atoms with van der Waals surface area (Å²) in [6.07, 6.45) is 0. The molecule has 103 valence electrons. The van der Waals surface area contributed by atoms with Crippen LogP contribution in [0.3, 0.4) is 0 Å². The Morgan fingerprint density at radius 3 is 0.471 bits per heavy atom. The highest BCUT2D eigenvalue weighted by atomic mass is 16.4. The van der Waals surface area contributed by atoms with Crippen LogP contribution in [-0.2, 0) is 0 Å². The Labute approximate surface area is 107 Å². The second-order valence-corrected chi connectivity index (χ2v) is 6.24. The highest BCUT2D eigenvalue weighted by molar-refractivity contribution is 5.75. The molecule has 0 aromatic heterocycles. The van der Waals surface area contributed by atoms with Gasteiger partial charge in [-0.1, -0.05) is 0 Å².